The lowest BCUT2D eigenvalue weighted by Gasteiger charge is -2.21. The van der Waals surface area contributed by atoms with E-state index < -0.39 is 5.25 Å². The standard InChI is InChI=1S/C24H19Cl2N3O2S/c1-15(32-24-29-28-23(31-24)19-13-12-18(25)14-20(19)26)22(30)27-21(16-8-4-2-5-9-16)17-10-6-3-7-11-17/h2-15,21H,1H3,(H,27,30)/t15-/m0/s1. The van der Waals surface area contributed by atoms with Gasteiger partial charge in [-0.1, -0.05) is 95.6 Å². The lowest BCUT2D eigenvalue weighted by atomic mass is 9.98. The second-order valence-electron chi connectivity index (χ2n) is 7.02. The van der Waals surface area contributed by atoms with Gasteiger partial charge in [-0.3, -0.25) is 4.79 Å². The van der Waals surface area contributed by atoms with Crippen molar-refractivity contribution in [1.82, 2.24) is 15.5 Å². The molecule has 0 saturated carbocycles. The van der Waals surface area contributed by atoms with Gasteiger partial charge in [0, 0.05) is 5.02 Å². The molecule has 1 N–H and O–H groups in total. The Morgan fingerprint density at radius 2 is 1.56 bits per heavy atom. The number of rotatable bonds is 7. The minimum absolute atomic E-state index is 0.142. The Balaban J connectivity index is 1.48. The lowest BCUT2D eigenvalue weighted by Crippen LogP contribution is -2.34. The van der Waals surface area contributed by atoms with Crippen LogP contribution in [0.1, 0.15) is 24.1 Å². The normalized spacial score (nSPS) is 12.0. The van der Waals surface area contributed by atoms with Gasteiger partial charge in [-0.05, 0) is 36.2 Å². The van der Waals surface area contributed by atoms with Gasteiger partial charge in [0.2, 0.25) is 11.8 Å². The quantitative estimate of drug-likeness (QED) is 0.306. The molecule has 0 bridgehead atoms. The number of thioether (sulfide) groups is 1. The first kappa shape index (κ1) is 22.4. The van der Waals surface area contributed by atoms with Crippen LogP contribution >= 0.6 is 35.0 Å². The smallest absolute Gasteiger partial charge is 0.277 e. The largest absolute Gasteiger partial charge is 0.411 e. The topological polar surface area (TPSA) is 68.0 Å². The zero-order chi connectivity index (χ0) is 22.5. The molecule has 0 spiro atoms. The highest BCUT2D eigenvalue weighted by Crippen LogP contribution is 2.32. The van der Waals surface area contributed by atoms with Crippen molar-refractivity contribution in [2.75, 3.05) is 0 Å². The number of hydrogen-bond donors (Lipinski definition) is 1. The highest BCUT2D eigenvalue weighted by Gasteiger charge is 2.23. The molecule has 1 amide bonds. The molecule has 0 saturated heterocycles. The van der Waals surface area contributed by atoms with E-state index in [1.807, 2.05) is 60.7 Å². The van der Waals surface area contributed by atoms with Crippen LogP contribution in [0, 0.1) is 0 Å². The van der Waals surface area contributed by atoms with E-state index in [1.165, 1.54) is 11.8 Å². The van der Waals surface area contributed by atoms with Gasteiger partial charge in [0.05, 0.1) is 21.9 Å². The average Bonchev–Trinajstić information content (AvgIpc) is 3.26. The molecule has 1 atom stereocenters. The van der Waals surface area contributed by atoms with Crippen LogP contribution in [0.3, 0.4) is 0 Å². The van der Waals surface area contributed by atoms with E-state index in [9.17, 15) is 4.79 Å². The van der Waals surface area contributed by atoms with E-state index in [1.54, 1.807) is 25.1 Å². The molecular weight excluding hydrogens is 465 g/mol. The van der Waals surface area contributed by atoms with Crippen molar-refractivity contribution in [2.45, 2.75) is 23.4 Å². The van der Waals surface area contributed by atoms with E-state index in [0.717, 1.165) is 11.1 Å². The summed E-state index contributed by atoms with van der Waals surface area (Å²) >= 11 is 13.4. The van der Waals surface area contributed by atoms with Crippen LogP contribution in [-0.2, 0) is 4.79 Å². The summed E-state index contributed by atoms with van der Waals surface area (Å²) in [6.07, 6.45) is 0. The first-order valence-corrected chi connectivity index (χ1v) is 11.5. The molecule has 162 valence electrons. The van der Waals surface area contributed by atoms with Crippen molar-refractivity contribution in [3.8, 4) is 11.5 Å². The summed E-state index contributed by atoms with van der Waals surface area (Å²) in [6.45, 7) is 1.80. The van der Waals surface area contributed by atoms with Crippen molar-refractivity contribution in [3.63, 3.8) is 0 Å². The second-order valence-corrected chi connectivity index (χ2v) is 9.16. The molecule has 0 aliphatic carbocycles. The Bertz CT molecular complexity index is 1160. The van der Waals surface area contributed by atoms with Crippen LogP contribution in [0.4, 0.5) is 0 Å². The van der Waals surface area contributed by atoms with Crippen LogP contribution in [-0.4, -0.2) is 21.4 Å². The second kappa shape index (κ2) is 10.2. The molecule has 8 heteroatoms. The van der Waals surface area contributed by atoms with E-state index in [2.05, 4.69) is 15.5 Å². The molecule has 0 fully saturated rings. The van der Waals surface area contributed by atoms with E-state index in [0.29, 0.717) is 15.6 Å². The zero-order valence-corrected chi connectivity index (χ0v) is 19.4. The fraction of sp³-hybridized carbons (Fsp3) is 0.125. The van der Waals surface area contributed by atoms with Gasteiger partial charge in [-0.2, -0.15) is 0 Å². The fourth-order valence-corrected chi connectivity index (χ4v) is 4.33. The van der Waals surface area contributed by atoms with Crippen LogP contribution in [0.25, 0.3) is 11.5 Å². The molecule has 0 aliphatic rings. The Labute approximate surface area is 200 Å². The van der Waals surface area contributed by atoms with Gasteiger partial charge in [0.15, 0.2) is 0 Å². The van der Waals surface area contributed by atoms with E-state index in [-0.39, 0.29) is 23.1 Å². The Morgan fingerprint density at radius 1 is 0.938 bits per heavy atom. The van der Waals surface area contributed by atoms with Crippen LogP contribution in [0.2, 0.25) is 10.0 Å². The summed E-state index contributed by atoms with van der Waals surface area (Å²) in [7, 11) is 0. The highest BCUT2D eigenvalue weighted by atomic mass is 35.5. The number of aromatic nitrogens is 2. The molecule has 1 aromatic heterocycles. The minimum atomic E-state index is -0.459. The molecule has 0 radical (unpaired) electrons. The maximum atomic E-state index is 13.0. The van der Waals surface area contributed by atoms with Gasteiger partial charge >= 0.3 is 0 Å². The first-order valence-electron chi connectivity index (χ1n) is 9.87. The molecule has 4 aromatic rings. The molecule has 0 unspecified atom stereocenters. The maximum Gasteiger partial charge on any atom is 0.277 e. The maximum absolute atomic E-state index is 13.0. The Kier molecular flexibility index (Phi) is 7.15. The minimum Gasteiger partial charge on any atom is -0.411 e. The summed E-state index contributed by atoms with van der Waals surface area (Å²) in [5.74, 6) is 0.130. The number of amides is 1. The molecular formula is C24H19Cl2N3O2S. The molecule has 32 heavy (non-hydrogen) atoms. The van der Waals surface area contributed by atoms with Crippen molar-refractivity contribution < 1.29 is 9.21 Å². The van der Waals surface area contributed by atoms with Gasteiger partial charge in [0.1, 0.15) is 0 Å². The van der Waals surface area contributed by atoms with Gasteiger partial charge < -0.3 is 9.73 Å². The third kappa shape index (κ3) is 5.33. The monoisotopic (exact) mass is 483 g/mol. The van der Waals surface area contributed by atoms with Gasteiger partial charge in [-0.25, -0.2) is 0 Å². The van der Waals surface area contributed by atoms with Crippen molar-refractivity contribution >= 4 is 40.9 Å². The number of hydrogen-bond acceptors (Lipinski definition) is 5. The third-order valence-corrected chi connectivity index (χ3v) is 6.25. The fourth-order valence-electron chi connectivity index (χ4n) is 3.14. The zero-order valence-electron chi connectivity index (χ0n) is 17.0. The highest BCUT2D eigenvalue weighted by molar-refractivity contribution is 8.00. The van der Waals surface area contributed by atoms with E-state index >= 15 is 0 Å². The predicted octanol–water partition coefficient (Wildman–Crippen LogP) is 6.43. The number of benzene rings is 3. The summed E-state index contributed by atoms with van der Waals surface area (Å²) in [4.78, 5) is 13.0. The summed E-state index contributed by atoms with van der Waals surface area (Å²) < 4.78 is 5.72. The number of nitrogens with zero attached hydrogens (tertiary/aromatic N) is 2. The first-order chi connectivity index (χ1) is 15.5. The van der Waals surface area contributed by atoms with Crippen molar-refractivity contribution in [1.29, 1.82) is 0 Å². The lowest BCUT2D eigenvalue weighted by molar-refractivity contribution is -0.120. The van der Waals surface area contributed by atoms with Gasteiger partial charge in [-0.15, -0.1) is 10.2 Å². The SMILES string of the molecule is C[C@H](Sc1nnc(-c2ccc(Cl)cc2Cl)o1)C(=O)NC(c1ccccc1)c1ccccc1. The summed E-state index contributed by atoms with van der Waals surface area (Å²) in [5, 5.41) is 12.0. The molecule has 1 heterocycles. The van der Waals surface area contributed by atoms with Crippen LogP contribution in [0.15, 0.2) is 88.5 Å². The number of carbonyl (C=O) groups excluding carboxylic acids is 1. The van der Waals surface area contributed by atoms with E-state index in [4.69, 9.17) is 27.6 Å². The number of halogens is 2. The molecule has 0 aliphatic heterocycles. The number of nitrogens with one attached hydrogen (secondary N) is 1. The van der Waals surface area contributed by atoms with Crippen LogP contribution in [0.5, 0.6) is 0 Å². The molecule has 4 rings (SSSR count). The van der Waals surface area contributed by atoms with Crippen LogP contribution < -0.4 is 5.32 Å². The molecule has 5 nitrogen and oxygen atoms in total. The third-order valence-electron chi connectivity index (χ3n) is 4.77. The van der Waals surface area contributed by atoms with Crippen molar-refractivity contribution in [3.05, 3.63) is 100 Å². The summed E-state index contributed by atoms with van der Waals surface area (Å²) in [5.41, 5.74) is 2.59. The average molecular weight is 484 g/mol. The Morgan fingerprint density at radius 3 is 2.16 bits per heavy atom. The summed E-state index contributed by atoms with van der Waals surface area (Å²) in [6, 6.07) is 24.5. The van der Waals surface area contributed by atoms with Crippen molar-refractivity contribution in [2.24, 2.45) is 0 Å². The predicted molar refractivity (Wildman–Crippen MR) is 128 cm³/mol. The van der Waals surface area contributed by atoms with Gasteiger partial charge in [0.25, 0.3) is 5.22 Å². The number of carbonyl (C=O) groups is 1. The molecule has 3 aromatic carbocycles. The Hall–Kier alpha value is -2.80.